The molecule has 2 amide bonds. The summed E-state index contributed by atoms with van der Waals surface area (Å²) in [5.74, 6) is -1.01. The average molecular weight is 391 g/mol. The van der Waals surface area contributed by atoms with Gasteiger partial charge < -0.3 is 9.88 Å². The number of hydrogen-bond acceptors (Lipinski definition) is 3. The van der Waals surface area contributed by atoms with Gasteiger partial charge in [0.05, 0.1) is 5.92 Å². The van der Waals surface area contributed by atoms with E-state index in [0.29, 0.717) is 12.0 Å². The van der Waals surface area contributed by atoms with Crippen molar-refractivity contribution in [1.82, 2.24) is 15.4 Å². The Labute approximate surface area is 169 Å². The molecule has 6 heteroatoms. The Bertz CT molecular complexity index is 1040. The molecule has 150 valence electrons. The van der Waals surface area contributed by atoms with Crippen LogP contribution in [0.4, 0.5) is 0 Å². The highest BCUT2D eigenvalue weighted by Crippen LogP contribution is 2.26. The van der Waals surface area contributed by atoms with Crippen molar-refractivity contribution in [3.8, 4) is 0 Å². The Morgan fingerprint density at radius 2 is 1.86 bits per heavy atom. The molecule has 2 atom stereocenters. The van der Waals surface area contributed by atoms with E-state index in [4.69, 9.17) is 5.21 Å². The molecule has 3 aromatic rings. The molecule has 1 fully saturated rings. The Balaban J connectivity index is 1.45. The Morgan fingerprint density at radius 3 is 2.62 bits per heavy atom. The average Bonchev–Trinajstić information content (AvgIpc) is 3.33. The number of carbonyl (C=O) groups is 2. The number of hydroxylamine groups is 1. The number of aromatic nitrogens is 1. The molecule has 1 aliphatic carbocycles. The first-order valence-corrected chi connectivity index (χ1v) is 9.95. The van der Waals surface area contributed by atoms with Crippen molar-refractivity contribution in [2.45, 2.75) is 38.8 Å². The standard InChI is InChI=1S/C23H25N3O3/c1-15-13-26(21-8-3-2-5-18(15)21)14-16-9-11-17(12-10-16)22(27)24-20-7-4-6-19(20)23(28)25-29/h2-3,5,8-13,19-20,29H,4,6-7,14H2,1H3,(H,24,27)(H,25,28). The molecule has 29 heavy (non-hydrogen) atoms. The van der Waals surface area contributed by atoms with Crippen LogP contribution in [0.5, 0.6) is 0 Å². The lowest BCUT2D eigenvalue weighted by Crippen LogP contribution is -2.43. The van der Waals surface area contributed by atoms with Gasteiger partial charge in [-0.3, -0.25) is 14.8 Å². The van der Waals surface area contributed by atoms with Crippen LogP contribution >= 0.6 is 0 Å². The Hall–Kier alpha value is -3.12. The zero-order chi connectivity index (χ0) is 20.4. The van der Waals surface area contributed by atoms with Crippen molar-refractivity contribution in [3.63, 3.8) is 0 Å². The van der Waals surface area contributed by atoms with Crippen molar-refractivity contribution in [2.75, 3.05) is 0 Å². The first-order valence-electron chi connectivity index (χ1n) is 9.95. The molecular formula is C23H25N3O3. The predicted molar refractivity (Wildman–Crippen MR) is 111 cm³/mol. The van der Waals surface area contributed by atoms with Gasteiger partial charge in [0.15, 0.2) is 0 Å². The van der Waals surface area contributed by atoms with E-state index in [1.165, 1.54) is 16.5 Å². The summed E-state index contributed by atoms with van der Waals surface area (Å²) < 4.78 is 2.22. The molecule has 3 N–H and O–H groups in total. The molecule has 0 aliphatic heterocycles. The number of para-hydroxylation sites is 1. The van der Waals surface area contributed by atoms with Gasteiger partial charge in [0.25, 0.3) is 5.91 Å². The van der Waals surface area contributed by atoms with Gasteiger partial charge in [0, 0.05) is 35.2 Å². The zero-order valence-corrected chi connectivity index (χ0v) is 16.4. The lowest BCUT2D eigenvalue weighted by Gasteiger charge is -2.19. The van der Waals surface area contributed by atoms with Crippen LogP contribution in [0, 0.1) is 12.8 Å². The molecule has 1 saturated carbocycles. The van der Waals surface area contributed by atoms with E-state index in [-0.39, 0.29) is 17.9 Å². The van der Waals surface area contributed by atoms with Crippen LogP contribution in [-0.4, -0.2) is 27.6 Å². The lowest BCUT2D eigenvalue weighted by molar-refractivity contribution is -0.133. The first-order chi connectivity index (χ1) is 14.1. The third kappa shape index (κ3) is 3.89. The fourth-order valence-electron chi connectivity index (χ4n) is 4.30. The van der Waals surface area contributed by atoms with Crippen LogP contribution in [0.2, 0.25) is 0 Å². The highest BCUT2D eigenvalue weighted by Gasteiger charge is 2.34. The first kappa shape index (κ1) is 19.2. The normalized spacial score (nSPS) is 18.7. The van der Waals surface area contributed by atoms with Gasteiger partial charge in [-0.2, -0.15) is 0 Å². The minimum atomic E-state index is -0.433. The minimum Gasteiger partial charge on any atom is -0.349 e. The SMILES string of the molecule is Cc1cn(Cc2ccc(C(=O)NC3CCCC3C(=O)NO)cc2)c2ccccc12. The predicted octanol–water partition coefficient (Wildman–Crippen LogP) is 3.40. The van der Waals surface area contributed by atoms with Crippen LogP contribution in [-0.2, 0) is 11.3 Å². The highest BCUT2D eigenvalue weighted by molar-refractivity contribution is 5.95. The number of nitrogens with one attached hydrogen (secondary N) is 2. The number of nitrogens with zero attached hydrogens (tertiary/aromatic N) is 1. The fourth-order valence-corrected chi connectivity index (χ4v) is 4.30. The molecule has 1 heterocycles. The molecule has 0 saturated heterocycles. The quantitative estimate of drug-likeness (QED) is 0.460. The van der Waals surface area contributed by atoms with E-state index in [1.54, 1.807) is 5.48 Å². The summed E-state index contributed by atoms with van der Waals surface area (Å²) in [6, 6.07) is 15.6. The topological polar surface area (TPSA) is 83.4 Å². The molecule has 2 aromatic carbocycles. The third-order valence-corrected chi connectivity index (χ3v) is 5.84. The molecule has 0 spiro atoms. The van der Waals surface area contributed by atoms with E-state index in [9.17, 15) is 9.59 Å². The number of fused-ring (bicyclic) bond motifs is 1. The molecule has 0 radical (unpaired) electrons. The van der Waals surface area contributed by atoms with Crippen LogP contribution < -0.4 is 10.8 Å². The van der Waals surface area contributed by atoms with Crippen LogP contribution in [0.1, 0.15) is 40.7 Å². The largest absolute Gasteiger partial charge is 0.349 e. The molecule has 1 aromatic heterocycles. The summed E-state index contributed by atoms with van der Waals surface area (Å²) in [5.41, 5.74) is 5.82. The van der Waals surface area contributed by atoms with Crippen molar-refractivity contribution >= 4 is 22.7 Å². The number of hydrogen-bond donors (Lipinski definition) is 3. The second-order valence-corrected chi connectivity index (χ2v) is 7.75. The van der Waals surface area contributed by atoms with Crippen LogP contribution in [0.25, 0.3) is 10.9 Å². The van der Waals surface area contributed by atoms with Crippen molar-refractivity contribution in [2.24, 2.45) is 5.92 Å². The fraction of sp³-hybridized carbons (Fsp3) is 0.304. The summed E-state index contributed by atoms with van der Waals surface area (Å²) in [6.07, 6.45) is 4.41. The molecule has 6 nitrogen and oxygen atoms in total. The van der Waals surface area contributed by atoms with Gasteiger partial charge in [-0.15, -0.1) is 0 Å². The van der Waals surface area contributed by atoms with E-state index in [2.05, 4.69) is 35.1 Å². The number of benzene rings is 2. The molecule has 1 aliphatic rings. The van der Waals surface area contributed by atoms with Gasteiger partial charge in [-0.05, 0) is 49.1 Å². The van der Waals surface area contributed by atoms with Gasteiger partial charge in [-0.1, -0.05) is 36.8 Å². The van der Waals surface area contributed by atoms with Gasteiger partial charge >= 0.3 is 0 Å². The number of rotatable bonds is 5. The monoisotopic (exact) mass is 391 g/mol. The third-order valence-electron chi connectivity index (χ3n) is 5.84. The van der Waals surface area contributed by atoms with E-state index < -0.39 is 5.91 Å². The summed E-state index contributed by atoms with van der Waals surface area (Å²) in [6.45, 7) is 2.84. The van der Waals surface area contributed by atoms with Gasteiger partial charge in [-0.25, -0.2) is 5.48 Å². The highest BCUT2D eigenvalue weighted by atomic mass is 16.5. The molecule has 4 rings (SSSR count). The van der Waals surface area contributed by atoms with E-state index in [1.807, 2.05) is 36.4 Å². The smallest absolute Gasteiger partial charge is 0.251 e. The molecule has 0 bridgehead atoms. The maximum absolute atomic E-state index is 12.6. The van der Waals surface area contributed by atoms with Crippen molar-refractivity contribution in [3.05, 3.63) is 71.4 Å². The second kappa shape index (κ2) is 8.09. The lowest BCUT2D eigenvalue weighted by atomic mass is 10.0. The summed E-state index contributed by atoms with van der Waals surface area (Å²) in [7, 11) is 0. The zero-order valence-electron chi connectivity index (χ0n) is 16.4. The van der Waals surface area contributed by atoms with Crippen molar-refractivity contribution in [1.29, 1.82) is 0 Å². The summed E-state index contributed by atoms with van der Waals surface area (Å²) in [4.78, 5) is 24.3. The maximum Gasteiger partial charge on any atom is 0.251 e. The second-order valence-electron chi connectivity index (χ2n) is 7.75. The van der Waals surface area contributed by atoms with Crippen molar-refractivity contribution < 1.29 is 14.8 Å². The summed E-state index contributed by atoms with van der Waals surface area (Å²) in [5, 5.41) is 13.1. The number of aryl methyl sites for hydroxylation is 1. The van der Waals surface area contributed by atoms with Crippen LogP contribution in [0.15, 0.2) is 54.7 Å². The minimum absolute atomic E-state index is 0.193. The Kier molecular flexibility index (Phi) is 5.36. The van der Waals surface area contributed by atoms with E-state index in [0.717, 1.165) is 24.9 Å². The maximum atomic E-state index is 12.6. The van der Waals surface area contributed by atoms with Gasteiger partial charge in [0.1, 0.15) is 0 Å². The number of amides is 2. The number of carbonyl (C=O) groups excluding carboxylic acids is 2. The molecule has 2 unspecified atom stereocenters. The van der Waals surface area contributed by atoms with Crippen LogP contribution in [0.3, 0.4) is 0 Å². The van der Waals surface area contributed by atoms with Gasteiger partial charge in [0.2, 0.25) is 5.91 Å². The Morgan fingerprint density at radius 1 is 1.10 bits per heavy atom. The molecular weight excluding hydrogens is 366 g/mol. The summed E-state index contributed by atoms with van der Waals surface area (Å²) >= 11 is 0. The van der Waals surface area contributed by atoms with E-state index >= 15 is 0 Å².